The fourth-order valence-electron chi connectivity index (χ4n) is 3.76. The van der Waals surface area contributed by atoms with Gasteiger partial charge in [-0.05, 0) is 31.2 Å². The number of aromatic nitrogens is 1. The number of hydrogen-bond acceptors (Lipinski definition) is 3. The number of benzene rings is 2. The molecule has 1 aromatic heterocycles. The van der Waals surface area contributed by atoms with Gasteiger partial charge in [-0.1, -0.05) is 42.5 Å². The van der Waals surface area contributed by atoms with Gasteiger partial charge in [0.1, 0.15) is 5.56 Å². The summed E-state index contributed by atoms with van der Waals surface area (Å²) in [5.74, 6) is -0.155. The zero-order valence-electron chi connectivity index (χ0n) is 16.2. The van der Waals surface area contributed by atoms with Crippen LogP contribution in [0.2, 0.25) is 0 Å². The molecule has 0 atom stereocenters. The smallest absolute Gasteiger partial charge is 0.259 e. The van der Waals surface area contributed by atoms with E-state index in [2.05, 4.69) is 24.1 Å². The molecule has 5 nitrogen and oxygen atoms in total. The SMILES string of the molecule is CN1CCN(C(=O)c2cn(CCc3ccccc3)c3ccccc3c2=O)CC1. The number of piperazine rings is 1. The molecule has 5 heteroatoms. The van der Waals surface area contributed by atoms with Crippen LogP contribution in [0.4, 0.5) is 0 Å². The van der Waals surface area contributed by atoms with E-state index in [0.29, 0.717) is 25.0 Å². The van der Waals surface area contributed by atoms with E-state index in [1.54, 1.807) is 11.1 Å². The van der Waals surface area contributed by atoms with Gasteiger partial charge in [0.25, 0.3) is 5.91 Å². The lowest BCUT2D eigenvalue weighted by atomic mass is 10.1. The molecule has 0 bridgehead atoms. The zero-order valence-corrected chi connectivity index (χ0v) is 16.2. The third-order valence-corrected chi connectivity index (χ3v) is 5.49. The molecule has 0 N–H and O–H groups in total. The Kier molecular flexibility index (Phi) is 5.26. The monoisotopic (exact) mass is 375 g/mol. The number of amides is 1. The van der Waals surface area contributed by atoms with Crippen LogP contribution >= 0.6 is 0 Å². The third kappa shape index (κ3) is 3.71. The number of para-hydroxylation sites is 1. The van der Waals surface area contributed by atoms with Crippen LogP contribution in [-0.4, -0.2) is 53.5 Å². The predicted octanol–water partition coefficient (Wildman–Crippen LogP) is 2.63. The standard InChI is InChI=1S/C23H25N3O2/c1-24-13-15-25(16-14-24)23(28)20-17-26(12-11-18-7-3-2-4-8-18)21-10-6-5-9-19(21)22(20)27/h2-10,17H,11-16H2,1H3. The Morgan fingerprint density at radius 2 is 1.61 bits per heavy atom. The summed E-state index contributed by atoms with van der Waals surface area (Å²) in [7, 11) is 2.05. The van der Waals surface area contributed by atoms with Crippen molar-refractivity contribution in [2.45, 2.75) is 13.0 Å². The average Bonchev–Trinajstić information content (AvgIpc) is 2.74. The lowest BCUT2D eigenvalue weighted by molar-refractivity contribution is 0.0662. The summed E-state index contributed by atoms with van der Waals surface area (Å²) >= 11 is 0. The third-order valence-electron chi connectivity index (χ3n) is 5.49. The van der Waals surface area contributed by atoms with Gasteiger partial charge in [-0.3, -0.25) is 9.59 Å². The molecule has 0 aliphatic carbocycles. The lowest BCUT2D eigenvalue weighted by Gasteiger charge is -2.32. The second kappa shape index (κ2) is 7.98. The molecule has 144 valence electrons. The first kappa shape index (κ1) is 18.4. The Morgan fingerprint density at radius 3 is 2.36 bits per heavy atom. The van der Waals surface area contributed by atoms with E-state index in [1.165, 1.54) is 5.56 Å². The molecule has 0 unspecified atom stereocenters. The van der Waals surface area contributed by atoms with Crippen LogP contribution in [0.15, 0.2) is 65.6 Å². The van der Waals surface area contributed by atoms with Crippen molar-refractivity contribution in [1.29, 1.82) is 0 Å². The van der Waals surface area contributed by atoms with Crippen molar-refractivity contribution >= 4 is 16.8 Å². The zero-order chi connectivity index (χ0) is 19.5. The van der Waals surface area contributed by atoms with Gasteiger partial charge in [0, 0.05) is 44.3 Å². The number of rotatable bonds is 4. The highest BCUT2D eigenvalue weighted by molar-refractivity contribution is 5.97. The minimum Gasteiger partial charge on any atom is -0.346 e. The Balaban J connectivity index is 1.69. The fourth-order valence-corrected chi connectivity index (χ4v) is 3.76. The summed E-state index contributed by atoms with van der Waals surface area (Å²) in [6.07, 6.45) is 2.60. The minimum absolute atomic E-state index is 0.155. The van der Waals surface area contributed by atoms with Crippen molar-refractivity contribution in [3.8, 4) is 0 Å². The highest BCUT2D eigenvalue weighted by atomic mass is 16.2. The summed E-state index contributed by atoms with van der Waals surface area (Å²) in [5.41, 5.74) is 2.21. The van der Waals surface area contributed by atoms with Crippen LogP contribution in [0.3, 0.4) is 0 Å². The van der Waals surface area contributed by atoms with E-state index < -0.39 is 0 Å². The number of likely N-dealkylation sites (N-methyl/N-ethyl adjacent to an activating group) is 1. The van der Waals surface area contributed by atoms with Gasteiger partial charge in [-0.2, -0.15) is 0 Å². The molecule has 1 aliphatic rings. The molecule has 1 fully saturated rings. The molecular weight excluding hydrogens is 350 g/mol. The van der Waals surface area contributed by atoms with Gasteiger partial charge < -0.3 is 14.4 Å². The number of carbonyl (C=O) groups excluding carboxylic acids is 1. The highest BCUT2D eigenvalue weighted by Gasteiger charge is 2.23. The second-order valence-electron chi connectivity index (χ2n) is 7.41. The summed E-state index contributed by atoms with van der Waals surface area (Å²) in [6.45, 7) is 3.70. The summed E-state index contributed by atoms with van der Waals surface area (Å²) in [4.78, 5) is 30.1. The first-order valence-corrected chi connectivity index (χ1v) is 9.77. The van der Waals surface area contributed by atoms with Crippen LogP contribution in [0, 0.1) is 0 Å². The van der Waals surface area contributed by atoms with E-state index in [1.807, 2.05) is 47.0 Å². The molecule has 2 heterocycles. The maximum absolute atomic E-state index is 13.1. The molecule has 0 spiro atoms. The number of aryl methyl sites for hydroxylation is 2. The van der Waals surface area contributed by atoms with E-state index in [0.717, 1.165) is 25.0 Å². The Hall–Kier alpha value is -2.92. The van der Waals surface area contributed by atoms with Crippen LogP contribution in [0.5, 0.6) is 0 Å². The van der Waals surface area contributed by atoms with Gasteiger partial charge in [0.2, 0.25) is 5.43 Å². The van der Waals surface area contributed by atoms with Crippen LogP contribution in [0.25, 0.3) is 10.9 Å². The molecule has 1 aliphatic heterocycles. The number of pyridine rings is 1. The van der Waals surface area contributed by atoms with Gasteiger partial charge in [-0.15, -0.1) is 0 Å². The predicted molar refractivity (Wildman–Crippen MR) is 112 cm³/mol. The van der Waals surface area contributed by atoms with Gasteiger partial charge in [0.05, 0.1) is 5.52 Å². The molecular formula is C23H25N3O2. The molecule has 2 aromatic carbocycles. The van der Waals surface area contributed by atoms with Crippen molar-refractivity contribution in [3.63, 3.8) is 0 Å². The Labute approximate surface area is 164 Å². The van der Waals surface area contributed by atoms with Gasteiger partial charge >= 0.3 is 0 Å². The van der Waals surface area contributed by atoms with Crippen molar-refractivity contribution < 1.29 is 4.79 Å². The largest absolute Gasteiger partial charge is 0.346 e. The summed E-state index contributed by atoms with van der Waals surface area (Å²) < 4.78 is 2.05. The first-order chi connectivity index (χ1) is 13.6. The molecule has 3 aromatic rings. The van der Waals surface area contributed by atoms with Crippen molar-refractivity contribution in [1.82, 2.24) is 14.4 Å². The number of carbonyl (C=O) groups is 1. The lowest BCUT2D eigenvalue weighted by Crippen LogP contribution is -2.48. The Morgan fingerprint density at radius 1 is 0.929 bits per heavy atom. The van der Waals surface area contributed by atoms with E-state index >= 15 is 0 Å². The maximum Gasteiger partial charge on any atom is 0.259 e. The fraction of sp³-hybridized carbons (Fsp3) is 0.304. The van der Waals surface area contributed by atoms with Crippen molar-refractivity contribution in [2.75, 3.05) is 33.2 Å². The maximum atomic E-state index is 13.1. The summed E-state index contributed by atoms with van der Waals surface area (Å²) in [5, 5.41) is 0.607. The van der Waals surface area contributed by atoms with Crippen molar-refractivity contribution in [2.24, 2.45) is 0 Å². The first-order valence-electron chi connectivity index (χ1n) is 9.77. The summed E-state index contributed by atoms with van der Waals surface area (Å²) in [6, 6.07) is 17.8. The quantitative estimate of drug-likeness (QED) is 0.704. The van der Waals surface area contributed by atoms with E-state index in [9.17, 15) is 9.59 Å². The molecule has 0 saturated carbocycles. The van der Waals surface area contributed by atoms with E-state index in [4.69, 9.17) is 0 Å². The minimum atomic E-state index is -0.171. The van der Waals surface area contributed by atoms with E-state index in [-0.39, 0.29) is 16.9 Å². The van der Waals surface area contributed by atoms with Crippen LogP contribution in [0.1, 0.15) is 15.9 Å². The molecule has 1 saturated heterocycles. The number of nitrogens with zero attached hydrogens (tertiary/aromatic N) is 3. The molecule has 1 amide bonds. The van der Waals surface area contributed by atoms with Gasteiger partial charge in [0.15, 0.2) is 0 Å². The number of hydrogen-bond donors (Lipinski definition) is 0. The second-order valence-corrected chi connectivity index (χ2v) is 7.41. The van der Waals surface area contributed by atoms with Gasteiger partial charge in [-0.25, -0.2) is 0 Å². The van der Waals surface area contributed by atoms with Crippen molar-refractivity contribution in [3.05, 3.63) is 82.1 Å². The highest BCUT2D eigenvalue weighted by Crippen LogP contribution is 2.15. The molecule has 4 rings (SSSR count). The van der Waals surface area contributed by atoms with Crippen LogP contribution < -0.4 is 5.43 Å². The molecule has 28 heavy (non-hydrogen) atoms. The normalized spacial score (nSPS) is 15.1. The molecule has 0 radical (unpaired) electrons. The van der Waals surface area contributed by atoms with Crippen LogP contribution in [-0.2, 0) is 13.0 Å². The topological polar surface area (TPSA) is 45.5 Å². The average molecular weight is 375 g/mol. The Bertz CT molecular complexity index is 1030. The number of fused-ring (bicyclic) bond motifs is 1.